The summed E-state index contributed by atoms with van der Waals surface area (Å²) < 4.78 is 25.3. The van der Waals surface area contributed by atoms with Crippen molar-refractivity contribution in [2.24, 2.45) is 0 Å². The largest absolute Gasteiger partial charge is 0.392 e. The van der Waals surface area contributed by atoms with Crippen molar-refractivity contribution in [1.82, 2.24) is 0 Å². The van der Waals surface area contributed by atoms with E-state index in [0.29, 0.717) is 5.56 Å². The molecular weight excluding hydrogens is 176 g/mol. The highest BCUT2D eigenvalue weighted by atomic mass is 19.2. The molecule has 2 nitrogen and oxygen atoms in total. The van der Waals surface area contributed by atoms with Gasteiger partial charge in [0.2, 0.25) is 0 Å². The SMILES string of the molecule is N#CCc1cc(F)c(F)cc1CO. The zero-order valence-corrected chi connectivity index (χ0v) is 6.72. The molecule has 0 atom stereocenters. The maximum absolute atomic E-state index is 12.7. The second-order valence-electron chi connectivity index (χ2n) is 2.53. The molecule has 0 heterocycles. The topological polar surface area (TPSA) is 44.0 Å². The number of hydrogen-bond donors (Lipinski definition) is 1. The molecule has 0 aliphatic heterocycles. The molecule has 0 aromatic heterocycles. The average Bonchev–Trinajstić information content (AvgIpc) is 2.11. The van der Waals surface area contributed by atoms with Crippen LogP contribution < -0.4 is 0 Å². The van der Waals surface area contributed by atoms with Gasteiger partial charge < -0.3 is 5.11 Å². The Labute approximate surface area is 74.0 Å². The van der Waals surface area contributed by atoms with Crippen LogP contribution in [0.2, 0.25) is 0 Å². The molecule has 68 valence electrons. The third-order valence-electron chi connectivity index (χ3n) is 1.68. The summed E-state index contributed by atoms with van der Waals surface area (Å²) in [7, 11) is 0. The fourth-order valence-corrected chi connectivity index (χ4v) is 1.03. The third kappa shape index (κ3) is 2.01. The first-order valence-electron chi connectivity index (χ1n) is 3.63. The van der Waals surface area contributed by atoms with Gasteiger partial charge in [-0.05, 0) is 23.3 Å². The van der Waals surface area contributed by atoms with Crippen LogP contribution in [0.15, 0.2) is 12.1 Å². The van der Waals surface area contributed by atoms with Crippen LogP contribution in [0.25, 0.3) is 0 Å². The maximum Gasteiger partial charge on any atom is 0.159 e. The molecule has 0 aliphatic rings. The van der Waals surface area contributed by atoms with E-state index < -0.39 is 18.2 Å². The van der Waals surface area contributed by atoms with Crippen molar-refractivity contribution in [3.05, 3.63) is 34.9 Å². The molecular formula is C9H7F2NO. The summed E-state index contributed by atoms with van der Waals surface area (Å²) in [5, 5.41) is 17.1. The van der Waals surface area contributed by atoms with E-state index >= 15 is 0 Å². The Bertz CT molecular complexity index is 357. The van der Waals surface area contributed by atoms with Gasteiger partial charge in [-0.3, -0.25) is 0 Å². The first kappa shape index (κ1) is 9.62. The Morgan fingerprint density at radius 1 is 1.23 bits per heavy atom. The van der Waals surface area contributed by atoms with E-state index in [0.717, 1.165) is 12.1 Å². The lowest BCUT2D eigenvalue weighted by molar-refractivity contribution is 0.279. The minimum Gasteiger partial charge on any atom is -0.392 e. The summed E-state index contributed by atoms with van der Waals surface area (Å²) in [6.07, 6.45) is -0.0346. The van der Waals surface area contributed by atoms with Gasteiger partial charge in [0.1, 0.15) is 0 Å². The average molecular weight is 183 g/mol. The van der Waals surface area contributed by atoms with Gasteiger partial charge >= 0.3 is 0 Å². The highest BCUT2D eigenvalue weighted by Crippen LogP contribution is 2.15. The minimum atomic E-state index is -1.01. The summed E-state index contributed by atoms with van der Waals surface area (Å²) in [6.45, 7) is -0.395. The van der Waals surface area contributed by atoms with Crippen LogP contribution in [0.3, 0.4) is 0 Å². The Hall–Kier alpha value is -1.47. The molecule has 13 heavy (non-hydrogen) atoms. The third-order valence-corrected chi connectivity index (χ3v) is 1.68. The number of rotatable bonds is 2. The summed E-state index contributed by atoms with van der Waals surface area (Å²) in [6, 6.07) is 3.64. The predicted octanol–water partition coefficient (Wildman–Crippen LogP) is 1.52. The monoisotopic (exact) mass is 183 g/mol. The Morgan fingerprint density at radius 3 is 2.23 bits per heavy atom. The number of aliphatic hydroxyl groups excluding tert-OH is 1. The smallest absolute Gasteiger partial charge is 0.159 e. The number of nitriles is 1. The van der Waals surface area contributed by atoms with Crippen molar-refractivity contribution in [3.63, 3.8) is 0 Å². The van der Waals surface area contributed by atoms with E-state index in [2.05, 4.69) is 0 Å². The van der Waals surface area contributed by atoms with Crippen LogP contribution in [-0.2, 0) is 13.0 Å². The van der Waals surface area contributed by atoms with Gasteiger partial charge in [-0.2, -0.15) is 5.26 Å². The highest BCUT2D eigenvalue weighted by molar-refractivity contribution is 5.30. The molecule has 0 aliphatic carbocycles. The van der Waals surface area contributed by atoms with Gasteiger partial charge in [-0.1, -0.05) is 0 Å². The second-order valence-corrected chi connectivity index (χ2v) is 2.53. The molecule has 0 bridgehead atoms. The summed E-state index contributed by atoms with van der Waals surface area (Å²) >= 11 is 0. The van der Waals surface area contributed by atoms with Crippen LogP contribution >= 0.6 is 0 Å². The van der Waals surface area contributed by atoms with E-state index in [-0.39, 0.29) is 12.0 Å². The predicted molar refractivity (Wildman–Crippen MR) is 41.6 cm³/mol. The molecule has 0 fully saturated rings. The number of nitrogens with zero attached hydrogens (tertiary/aromatic N) is 1. The van der Waals surface area contributed by atoms with E-state index in [4.69, 9.17) is 10.4 Å². The summed E-state index contributed by atoms with van der Waals surface area (Å²) in [5.41, 5.74) is 0.573. The molecule has 1 aromatic carbocycles. The lowest BCUT2D eigenvalue weighted by Gasteiger charge is -2.03. The number of halogens is 2. The van der Waals surface area contributed by atoms with E-state index in [9.17, 15) is 8.78 Å². The van der Waals surface area contributed by atoms with Crippen molar-refractivity contribution < 1.29 is 13.9 Å². The first-order valence-corrected chi connectivity index (χ1v) is 3.63. The van der Waals surface area contributed by atoms with Crippen molar-refractivity contribution in [2.75, 3.05) is 0 Å². The normalized spacial score (nSPS) is 9.69. The van der Waals surface area contributed by atoms with E-state index in [1.807, 2.05) is 0 Å². The van der Waals surface area contributed by atoms with Crippen molar-refractivity contribution in [1.29, 1.82) is 5.26 Å². The molecule has 1 aromatic rings. The standard InChI is InChI=1S/C9H7F2NO/c10-8-3-6(1-2-12)7(5-13)4-9(8)11/h3-4,13H,1,5H2. The highest BCUT2D eigenvalue weighted by Gasteiger charge is 2.08. The van der Waals surface area contributed by atoms with Crippen LogP contribution in [0.5, 0.6) is 0 Å². The molecule has 0 amide bonds. The van der Waals surface area contributed by atoms with Crippen LogP contribution in [0.1, 0.15) is 11.1 Å². The second kappa shape index (κ2) is 3.97. The van der Waals surface area contributed by atoms with E-state index in [1.165, 1.54) is 0 Å². The Kier molecular flexibility index (Phi) is 2.93. The van der Waals surface area contributed by atoms with Crippen LogP contribution in [0, 0.1) is 23.0 Å². The molecule has 0 spiro atoms. The molecule has 0 saturated carbocycles. The van der Waals surface area contributed by atoms with Gasteiger partial charge in [-0.25, -0.2) is 8.78 Å². The molecule has 1 N–H and O–H groups in total. The van der Waals surface area contributed by atoms with Gasteiger partial charge in [0.05, 0.1) is 19.1 Å². The molecule has 0 unspecified atom stereocenters. The fourth-order valence-electron chi connectivity index (χ4n) is 1.03. The lowest BCUT2D eigenvalue weighted by atomic mass is 10.1. The number of hydrogen-bond acceptors (Lipinski definition) is 2. The van der Waals surface area contributed by atoms with Crippen LogP contribution in [0.4, 0.5) is 8.78 Å². The van der Waals surface area contributed by atoms with Crippen molar-refractivity contribution in [3.8, 4) is 6.07 Å². The minimum absolute atomic E-state index is 0.0346. The zero-order valence-electron chi connectivity index (χ0n) is 6.72. The lowest BCUT2D eigenvalue weighted by Crippen LogP contribution is -1.97. The molecule has 4 heteroatoms. The number of benzene rings is 1. The summed E-state index contributed by atoms with van der Waals surface area (Å²) in [4.78, 5) is 0. The maximum atomic E-state index is 12.7. The van der Waals surface area contributed by atoms with Gasteiger partial charge in [0.25, 0.3) is 0 Å². The first-order chi connectivity index (χ1) is 6.19. The van der Waals surface area contributed by atoms with E-state index in [1.54, 1.807) is 6.07 Å². The van der Waals surface area contributed by atoms with Gasteiger partial charge in [0.15, 0.2) is 11.6 Å². The molecule has 0 radical (unpaired) electrons. The number of aliphatic hydroxyl groups is 1. The Morgan fingerprint density at radius 2 is 1.77 bits per heavy atom. The fraction of sp³-hybridized carbons (Fsp3) is 0.222. The van der Waals surface area contributed by atoms with Crippen molar-refractivity contribution in [2.45, 2.75) is 13.0 Å². The quantitative estimate of drug-likeness (QED) is 0.755. The zero-order chi connectivity index (χ0) is 9.84. The molecule has 1 rings (SSSR count). The van der Waals surface area contributed by atoms with Crippen LogP contribution in [-0.4, -0.2) is 5.11 Å². The van der Waals surface area contributed by atoms with Gasteiger partial charge in [0, 0.05) is 0 Å². The Balaban J connectivity index is 3.18. The van der Waals surface area contributed by atoms with Crippen molar-refractivity contribution >= 4 is 0 Å². The van der Waals surface area contributed by atoms with Gasteiger partial charge in [-0.15, -0.1) is 0 Å². The molecule has 0 saturated heterocycles. The summed E-state index contributed by atoms with van der Waals surface area (Å²) in [5.74, 6) is -2.01.